The highest BCUT2D eigenvalue weighted by atomic mass is 16.5. The Hall–Kier alpha value is -2.37. The van der Waals surface area contributed by atoms with Gasteiger partial charge in [-0.15, -0.1) is 0 Å². The molecule has 1 saturated heterocycles. The van der Waals surface area contributed by atoms with Gasteiger partial charge in [-0.25, -0.2) is 9.59 Å². The molecule has 3 amide bonds. The van der Waals surface area contributed by atoms with Gasteiger partial charge in [0, 0.05) is 0 Å². The number of benzene rings is 1. The Kier molecular flexibility index (Phi) is 4.34. The minimum absolute atomic E-state index is 0.0720. The molecule has 106 valence electrons. The number of carbonyl (C=O) groups is 3. The zero-order valence-electron chi connectivity index (χ0n) is 11.2. The summed E-state index contributed by atoms with van der Waals surface area (Å²) in [5.74, 6) is -0.954. The van der Waals surface area contributed by atoms with Gasteiger partial charge in [0.05, 0.1) is 19.6 Å². The Morgan fingerprint density at radius 2 is 2.05 bits per heavy atom. The molecule has 0 saturated carbocycles. The number of nitrogens with one attached hydrogen (secondary N) is 1. The van der Waals surface area contributed by atoms with E-state index < -0.39 is 18.0 Å². The number of esters is 1. The normalized spacial score (nSPS) is 18.6. The van der Waals surface area contributed by atoms with Crippen LogP contribution in [0.1, 0.15) is 18.9 Å². The predicted molar refractivity (Wildman–Crippen MR) is 70.6 cm³/mol. The summed E-state index contributed by atoms with van der Waals surface area (Å²) < 4.78 is 4.81. The summed E-state index contributed by atoms with van der Waals surface area (Å²) in [5, 5.41) is 2.49. The summed E-state index contributed by atoms with van der Waals surface area (Å²) in [6.07, 6.45) is -0.0720. The molecule has 1 aliphatic heterocycles. The molecule has 0 radical (unpaired) electrons. The maximum absolute atomic E-state index is 12.0. The number of nitrogens with zero attached hydrogens (tertiary/aromatic N) is 1. The number of imide groups is 1. The van der Waals surface area contributed by atoms with Crippen molar-refractivity contribution in [3.8, 4) is 0 Å². The summed E-state index contributed by atoms with van der Waals surface area (Å²) >= 11 is 0. The van der Waals surface area contributed by atoms with Gasteiger partial charge in [-0.2, -0.15) is 0 Å². The van der Waals surface area contributed by atoms with E-state index in [2.05, 4.69) is 5.32 Å². The summed E-state index contributed by atoms with van der Waals surface area (Å²) in [4.78, 5) is 36.5. The van der Waals surface area contributed by atoms with Crippen LogP contribution in [0.15, 0.2) is 30.3 Å². The van der Waals surface area contributed by atoms with E-state index in [1.165, 1.54) is 0 Å². The molecule has 0 spiro atoms. The Bertz CT molecular complexity index is 497. The van der Waals surface area contributed by atoms with Crippen LogP contribution in [0.3, 0.4) is 0 Å². The molecule has 1 fully saturated rings. The van der Waals surface area contributed by atoms with Crippen molar-refractivity contribution in [2.75, 3.05) is 6.61 Å². The van der Waals surface area contributed by atoms with Crippen LogP contribution >= 0.6 is 0 Å². The van der Waals surface area contributed by atoms with Gasteiger partial charge in [-0.1, -0.05) is 30.3 Å². The number of ether oxygens (including phenoxy) is 1. The Morgan fingerprint density at radius 3 is 2.65 bits per heavy atom. The average molecular weight is 276 g/mol. The predicted octanol–water partition coefficient (Wildman–Crippen LogP) is 1.06. The lowest BCUT2D eigenvalue weighted by molar-refractivity contribution is -0.149. The van der Waals surface area contributed by atoms with Gasteiger partial charge in [0.15, 0.2) is 0 Å². The Morgan fingerprint density at radius 1 is 1.35 bits per heavy atom. The van der Waals surface area contributed by atoms with E-state index in [1.54, 1.807) is 6.92 Å². The number of rotatable bonds is 4. The van der Waals surface area contributed by atoms with Crippen LogP contribution in [0.25, 0.3) is 0 Å². The van der Waals surface area contributed by atoms with Crippen LogP contribution < -0.4 is 5.32 Å². The first-order valence-electron chi connectivity index (χ1n) is 6.43. The SMILES string of the molecule is CCOC(=O)[C@H]1CC(=O)N(Cc2ccccc2)C(=O)N1. The zero-order chi connectivity index (χ0) is 14.5. The van der Waals surface area contributed by atoms with E-state index in [1.807, 2.05) is 30.3 Å². The summed E-state index contributed by atoms with van der Waals surface area (Å²) in [6, 6.07) is 7.74. The maximum Gasteiger partial charge on any atom is 0.329 e. The largest absolute Gasteiger partial charge is 0.464 e. The standard InChI is InChI=1S/C14H16N2O4/c1-2-20-13(18)11-8-12(17)16(14(19)15-11)9-10-6-4-3-5-7-10/h3-7,11H,2,8-9H2,1H3,(H,15,19)/t11-/m1/s1. The zero-order valence-corrected chi connectivity index (χ0v) is 11.2. The number of urea groups is 1. The summed E-state index contributed by atoms with van der Waals surface area (Å²) in [6.45, 7) is 2.08. The third-order valence-corrected chi connectivity index (χ3v) is 2.98. The molecular weight excluding hydrogens is 260 g/mol. The van der Waals surface area contributed by atoms with Crippen LogP contribution in [0, 0.1) is 0 Å². The minimum atomic E-state index is -0.887. The molecule has 0 bridgehead atoms. The van der Waals surface area contributed by atoms with Crippen LogP contribution in [-0.2, 0) is 20.9 Å². The third-order valence-electron chi connectivity index (χ3n) is 2.98. The molecule has 1 N–H and O–H groups in total. The van der Waals surface area contributed by atoms with Crippen molar-refractivity contribution in [1.82, 2.24) is 10.2 Å². The molecule has 20 heavy (non-hydrogen) atoms. The van der Waals surface area contributed by atoms with E-state index in [0.717, 1.165) is 10.5 Å². The van der Waals surface area contributed by atoms with Crippen molar-refractivity contribution in [3.05, 3.63) is 35.9 Å². The minimum Gasteiger partial charge on any atom is -0.464 e. The van der Waals surface area contributed by atoms with Gasteiger partial charge < -0.3 is 10.1 Å². The van der Waals surface area contributed by atoms with E-state index in [0.29, 0.717) is 0 Å². The molecule has 6 heteroatoms. The van der Waals surface area contributed by atoms with E-state index in [4.69, 9.17) is 4.74 Å². The fraction of sp³-hybridized carbons (Fsp3) is 0.357. The molecule has 1 aromatic rings. The van der Waals surface area contributed by atoms with Gasteiger partial charge >= 0.3 is 12.0 Å². The lowest BCUT2D eigenvalue weighted by Gasteiger charge is -2.30. The molecule has 1 aromatic carbocycles. The highest BCUT2D eigenvalue weighted by Gasteiger charge is 2.36. The molecule has 2 rings (SSSR count). The summed E-state index contributed by atoms with van der Waals surface area (Å²) in [7, 11) is 0. The van der Waals surface area contributed by atoms with Gasteiger partial charge in [-0.3, -0.25) is 9.69 Å². The highest BCUT2D eigenvalue weighted by molar-refractivity contribution is 6.01. The summed E-state index contributed by atoms with van der Waals surface area (Å²) in [5.41, 5.74) is 0.852. The maximum atomic E-state index is 12.0. The smallest absolute Gasteiger partial charge is 0.329 e. The lowest BCUT2D eigenvalue weighted by atomic mass is 10.1. The third kappa shape index (κ3) is 3.14. The second kappa shape index (κ2) is 6.18. The topological polar surface area (TPSA) is 75.7 Å². The van der Waals surface area contributed by atoms with Crippen LogP contribution in [0.5, 0.6) is 0 Å². The van der Waals surface area contributed by atoms with E-state index in [-0.39, 0.29) is 25.5 Å². The number of hydrogen-bond donors (Lipinski definition) is 1. The van der Waals surface area contributed by atoms with Gasteiger partial charge in [0.25, 0.3) is 0 Å². The molecule has 0 aliphatic carbocycles. The van der Waals surface area contributed by atoms with Crippen molar-refractivity contribution >= 4 is 17.9 Å². The Labute approximate surface area is 116 Å². The van der Waals surface area contributed by atoms with Crippen molar-refractivity contribution in [2.45, 2.75) is 25.9 Å². The fourth-order valence-corrected chi connectivity index (χ4v) is 1.99. The first-order valence-corrected chi connectivity index (χ1v) is 6.43. The molecule has 1 atom stereocenters. The number of carbonyl (C=O) groups excluding carboxylic acids is 3. The molecule has 1 heterocycles. The van der Waals surface area contributed by atoms with E-state index in [9.17, 15) is 14.4 Å². The van der Waals surface area contributed by atoms with Gasteiger partial charge in [-0.05, 0) is 12.5 Å². The first-order chi connectivity index (χ1) is 9.61. The quantitative estimate of drug-likeness (QED) is 0.834. The molecule has 1 aliphatic rings. The number of amides is 3. The van der Waals surface area contributed by atoms with Crippen molar-refractivity contribution in [1.29, 1.82) is 0 Å². The van der Waals surface area contributed by atoms with Gasteiger partial charge in [0.2, 0.25) is 5.91 Å². The lowest BCUT2D eigenvalue weighted by Crippen LogP contribution is -2.57. The number of hydrogen-bond acceptors (Lipinski definition) is 4. The van der Waals surface area contributed by atoms with Crippen LogP contribution in [-0.4, -0.2) is 35.5 Å². The van der Waals surface area contributed by atoms with Crippen molar-refractivity contribution in [2.24, 2.45) is 0 Å². The highest BCUT2D eigenvalue weighted by Crippen LogP contribution is 2.13. The van der Waals surface area contributed by atoms with E-state index >= 15 is 0 Å². The van der Waals surface area contributed by atoms with Crippen molar-refractivity contribution in [3.63, 3.8) is 0 Å². The molecule has 0 aromatic heterocycles. The Balaban J connectivity index is 2.02. The van der Waals surface area contributed by atoms with Gasteiger partial charge in [0.1, 0.15) is 6.04 Å². The second-order valence-corrected chi connectivity index (χ2v) is 4.42. The van der Waals surface area contributed by atoms with Crippen LogP contribution in [0.2, 0.25) is 0 Å². The first kappa shape index (κ1) is 14.0. The second-order valence-electron chi connectivity index (χ2n) is 4.42. The average Bonchev–Trinajstić information content (AvgIpc) is 2.44. The molecular formula is C14H16N2O4. The molecule has 6 nitrogen and oxygen atoms in total. The fourth-order valence-electron chi connectivity index (χ4n) is 1.99. The van der Waals surface area contributed by atoms with Crippen molar-refractivity contribution < 1.29 is 19.1 Å². The van der Waals surface area contributed by atoms with Crippen LogP contribution in [0.4, 0.5) is 4.79 Å². The monoisotopic (exact) mass is 276 g/mol. The molecule has 0 unspecified atom stereocenters.